The van der Waals surface area contributed by atoms with Crippen LogP contribution < -0.4 is 0 Å². The summed E-state index contributed by atoms with van der Waals surface area (Å²) >= 11 is 0. The normalized spacial score (nSPS) is 12.2. The van der Waals surface area contributed by atoms with E-state index in [4.69, 9.17) is 0 Å². The Morgan fingerprint density at radius 2 is 1.87 bits per heavy atom. The van der Waals surface area contributed by atoms with Crippen LogP contribution in [0.15, 0.2) is 66.9 Å². The zero-order valence-electron chi connectivity index (χ0n) is 17.0. The highest BCUT2D eigenvalue weighted by atomic mass is 16.4. The molecular weight excluding hydrogens is 376 g/mol. The number of nitrogens with zero attached hydrogens (tertiary/aromatic N) is 2. The van der Waals surface area contributed by atoms with E-state index in [0.717, 1.165) is 35.3 Å². The van der Waals surface area contributed by atoms with Crippen molar-refractivity contribution in [3.05, 3.63) is 94.9 Å². The van der Waals surface area contributed by atoms with Crippen molar-refractivity contribution in [2.24, 2.45) is 0 Å². The van der Waals surface area contributed by atoms with Crippen molar-refractivity contribution in [1.82, 2.24) is 9.38 Å². The molecule has 0 radical (unpaired) electrons. The van der Waals surface area contributed by atoms with Gasteiger partial charge in [-0.3, -0.25) is 0 Å². The van der Waals surface area contributed by atoms with Crippen molar-refractivity contribution in [2.75, 3.05) is 0 Å². The Morgan fingerprint density at radius 3 is 2.57 bits per heavy atom. The van der Waals surface area contributed by atoms with E-state index in [1.165, 1.54) is 0 Å². The standard InChI is InChI=1S/C25H24N2O3/c1-3-7-19-15-27-22(12-16(2)13-23(27)26-19)24(28)18-10-11-20(21(14-18)25(29)30)17-8-5-4-6-9-17/h4-6,8-15,24,28H,3,7H2,1-2H3,(H,29,30). The van der Waals surface area contributed by atoms with Gasteiger partial charge in [0.1, 0.15) is 11.8 Å². The molecule has 4 aromatic rings. The molecular formula is C25H24N2O3. The van der Waals surface area contributed by atoms with Crippen LogP contribution >= 0.6 is 0 Å². The van der Waals surface area contributed by atoms with Crippen LogP contribution in [0.1, 0.15) is 52.3 Å². The molecule has 30 heavy (non-hydrogen) atoms. The van der Waals surface area contributed by atoms with E-state index in [1.54, 1.807) is 18.2 Å². The number of aliphatic hydroxyl groups is 1. The van der Waals surface area contributed by atoms with E-state index in [1.807, 2.05) is 60.0 Å². The number of aliphatic hydroxyl groups excluding tert-OH is 1. The summed E-state index contributed by atoms with van der Waals surface area (Å²) < 4.78 is 1.90. The zero-order chi connectivity index (χ0) is 21.3. The zero-order valence-corrected chi connectivity index (χ0v) is 17.0. The van der Waals surface area contributed by atoms with Gasteiger partial charge in [0.2, 0.25) is 0 Å². The summed E-state index contributed by atoms with van der Waals surface area (Å²) in [6.07, 6.45) is 2.83. The molecule has 0 bridgehead atoms. The van der Waals surface area contributed by atoms with Crippen LogP contribution in [0.3, 0.4) is 0 Å². The molecule has 0 spiro atoms. The summed E-state index contributed by atoms with van der Waals surface area (Å²) in [6, 6.07) is 18.4. The second-order valence-electron chi connectivity index (χ2n) is 7.55. The molecule has 0 aliphatic heterocycles. The fraction of sp³-hybridized carbons (Fsp3) is 0.200. The fourth-order valence-corrected chi connectivity index (χ4v) is 3.84. The maximum absolute atomic E-state index is 12.0. The number of hydrogen-bond acceptors (Lipinski definition) is 3. The molecule has 0 aliphatic carbocycles. The van der Waals surface area contributed by atoms with Crippen molar-refractivity contribution in [2.45, 2.75) is 32.8 Å². The number of aryl methyl sites for hydroxylation is 2. The number of aromatic carboxylic acids is 1. The highest BCUT2D eigenvalue weighted by molar-refractivity contribution is 5.96. The number of pyridine rings is 1. The SMILES string of the molecule is CCCc1cn2c(C(O)c3ccc(-c4ccccc4)c(C(=O)O)c3)cc(C)cc2n1. The number of benzene rings is 2. The molecule has 5 nitrogen and oxygen atoms in total. The second kappa shape index (κ2) is 8.13. The molecule has 2 aromatic heterocycles. The lowest BCUT2D eigenvalue weighted by molar-refractivity contribution is 0.0697. The third kappa shape index (κ3) is 3.72. The van der Waals surface area contributed by atoms with E-state index < -0.39 is 12.1 Å². The van der Waals surface area contributed by atoms with Gasteiger partial charge in [-0.1, -0.05) is 55.8 Å². The molecule has 1 unspecified atom stereocenters. The van der Waals surface area contributed by atoms with Gasteiger partial charge in [0.15, 0.2) is 0 Å². The maximum atomic E-state index is 12.0. The lowest BCUT2D eigenvalue weighted by atomic mass is 9.94. The van der Waals surface area contributed by atoms with Gasteiger partial charge in [-0.25, -0.2) is 9.78 Å². The molecule has 152 valence electrons. The van der Waals surface area contributed by atoms with Gasteiger partial charge in [-0.2, -0.15) is 0 Å². The minimum atomic E-state index is -1.02. The van der Waals surface area contributed by atoms with Crippen LogP contribution in [0.5, 0.6) is 0 Å². The Labute approximate surface area is 175 Å². The highest BCUT2D eigenvalue weighted by Crippen LogP contribution is 2.30. The predicted molar refractivity (Wildman–Crippen MR) is 117 cm³/mol. The molecule has 0 saturated carbocycles. The minimum Gasteiger partial charge on any atom is -0.478 e. The molecule has 0 saturated heterocycles. The quantitative estimate of drug-likeness (QED) is 0.475. The largest absolute Gasteiger partial charge is 0.478 e. The molecule has 2 aromatic carbocycles. The summed E-state index contributed by atoms with van der Waals surface area (Å²) in [5.41, 5.74) is 5.57. The number of carboxylic acid groups (broad SMARTS) is 1. The smallest absolute Gasteiger partial charge is 0.336 e. The van der Waals surface area contributed by atoms with E-state index in [9.17, 15) is 15.0 Å². The van der Waals surface area contributed by atoms with Gasteiger partial charge < -0.3 is 14.6 Å². The third-order valence-corrected chi connectivity index (χ3v) is 5.25. The Balaban J connectivity index is 1.81. The first kappa shape index (κ1) is 19.9. The van der Waals surface area contributed by atoms with Crippen molar-refractivity contribution < 1.29 is 15.0 Å². The van der Waals surface area contributed by atoms with Crippen molar-refractivity contribution in [3.63, 3.8) is 0 Å². The molecule has 1 atom stereocenters. The number of fused-ring (bicyclic) bond motifs is 1. The molecule has 0 fully saturated rings. The molecule has 4 rings (SSSR count). The maximum Gasteiger partial charge on any atom is 0.336 e. The van der Waals surface area contributed by atoms with Crippen LogP contribution in [0.2, 0.25) is 0 Å². The lowest BCUT2D eigenvalue weighted by Gasteiger charge is -2.16. The summed E-state index contributed by atoms with van der Waals surface area (Å²) in [5.74, 6) is -1.02. The summed E-state index contributed by atoms with van der Waals surface area (Å²) in [5, 5.41) is 21.0. The van der Waals surface area contributed by atoms with E-state index in [-0.39, 0.29) is 5.56 Å². The molecule has 2 N–H and O–H groups in total. The number of carboxylic acids is 1. The average Bonchev–Trinajstić information content (AvgIpc) is 3.15. The number of carbonyl (C=O) groups is 1. The number of rotatable bonds is 6. The Bertz CT molecular complexity index is 1210. The van der Waals surface area contributed by atoms with Gasteiger partial charge in [0, 0.05) is 6.20 Å². The van der Waals surface area contributed by atoms with Crippen LogP contribution in [-0.2, 0) is 6.42 Å². The molecule has 2 heterocycles. The van der Waals surface area contributed by atoms with Gasteiger partial charge in [0.05, 0.1) is 17.0 Å². The lowest BCUT2D eigenvalue weighted by Crippen LogP contribution is -2.08. The average molecular weight is 400 g/mol. The third-order valence-electron chi connectivity index (χ3n) is 5.25. The Hall–Kier alpha value is -3.44. The number of aromatic nitrogens is 2. The van der Waals surface area contributed by atoms with Crippen molar-refractivity contribution in [3.8, 4) is 11.1 Å². The molecule has 0 amide bonds. The first-order valence-corrected chi connectivity index (χ1v) is 10.1. The first-order chi connectivity index (χ1) is 14.5. The topological polar surface area (TPSA) is 74.8 Å². The summed E-state index contributed by atoms with van der Waals surface area (Å²) in [4.78, 5) is 16.6. The van der Waals surface area contributed by atoms with Crippen LogP contribution in [0.25, 0.3) is 16.8 Å². The number of imidazole rings is 1. The molecule has 0 aliphatic rings. The van der Waals surface area contributed by atoms with Gasteiger partial charge in [-0.15, -0.1) is 0 Å². The predicted octanol–water partition coefficient (Wildman–Crippen LogP) is 5.04. The van der Waals surface area contributed by atoms with Gasteiger partial charge >= 0.3 is 5.97 Å². The first-order valence-electron chi connectivity index (χ1n) is 10.1. The second-order valence-corrected chi connectivity index (χ2v) is 7.55. The number of hydrogen-bond donors (Lipinski definition) is 2. The van der Waals surface area contributed by atoms with Crippen LogP contribution in [0.4, 0.5) is 0 Å². The van der Waals surface area contributed by atoms with Crippen molar-refractivity contribution >= 4 is 11.6 Å². The molecule has 5 heteroatoms. The van der Waals surface area contributed by atoms with E-state index in [0.29, 0.717) is 16.8 Å². The Kier molecular flexibility index (Phi) is 5.38. The van der Waals surface area contributed by atoms with E-state index >= 15 is 0 Å². The van der Waals surface area contributed by atoms with Crippen molar-refractivity contribution in [1.29, 1.82) is 0 Å². The highest BCUT2D eigenvalue weighted by Gasteiger charge is 2.20. The van der Waals surface area contributed by atoms with E-state index in [2.05, 4.69) is 11.9 Å². The fourth-order valence-electron chi connectivity index (χ4n) is 3.84. The summed E-state index contributed by atoms with van der Waals surface area (Å²) in [7, 11) is 0. The minimum absolute atomic E-state index is 0.166. The summed E-state index contributed by atoms with van der Waals surface area (Å²) in [6.45, 7) is 4.07. The monoisotopic (exact) mass is 400 g/mol. The van der Waals surface area contributed by atoms with Crippen LogP contribution in [0, 0.1) is 6.92 Å². The Morgan fingerprint density at radius 1 is 1.10 bits per heavy atom. The van der Waals surface area contributed by atoms with Crippen LogP contribution in [-0.4, -0.2) is 25.6 Å². The van der Waals surface area contributed by atoms with Gasteiger partial charge in [-0.05, 0) is 53.8 Å². The van der Waals surface area contributed by atoms with Gasteiger partial charge in [0.25, 0.3) is 0 Å².